The van der Waals surface area contributed by atoms with Crippen LogP contribution in [0.25, 0.3) is 0 Å². The molecule has 2 saturated carbocycles. The number of Topliss-reactive ketones (excluding diaryl/α,β-unsaturated/α-hetero) is 1. The van der Waals surface area contributed by atoms with E-state index in [9.17, 15) is 19.8 Å². The number of ketones is 1. The minimum atomic E-state index is -1.47. The average Bonchev–Trinajstić information content (AvgIpc) is 2.65. The van der Waals surface area contributed by atoms with E-state index in [1.54, 1.807) is 14.0 Å². The molecule has 0 aliphatic heterocycles. The van der Waals surface area contributed by atoms with E-state index in [1.807, 2.05) is 13.8 Å². The molecule has 5 heteroatoms. The van der Waals surface area contributed by atoms with Crippen LogP contribution in [-0.4, -0.2) is 41.3 Å². The third-order valence-electron chi connectivity index (χ3n) is 6.40. The van der Waals surface area contributed by atoms with Gasteiger partial charge in [0.15, 0.2) is 5.78 Å². The molecule has 5 atom stereocenters. The standard InChI is InChI=1S/C16H26O5/c1-10-5-6-11-14(2,9-21-4)15(3,20)12(17)7-16(10,11)8-13(18)19/h10-11,20H,5-9H2,1-4H3,(H,18,19)/t10-,11+,14+,15+,16-/m1/s1. The van der Waals surface area contributed by atoms with E-state index in [1.165, 1.54) is 0 Å². The van der Waals surface area contributed by atoms with Crippen molar-refractivity contribution in [1.82, 2.24) is 0 Å². The lowest BCUT2D eigenvalue weighted by Crippen LogP contribution is -2.65. The number of ether oxygens (including phenoxy) is 1. The van der Waals surface area contributed by atoms with Crippen molar-refractivity contribution in [2.24, 2.45) is 22.7 Å². The molecule has 0 heterocycles. The Labute approximate surface area is 125 Å². The Morgan fingerprint density at radius 3 is 2.52 bits per heavy atom. The van der Waals surface area contributed by atoms with Crippen molar-refractivity contribution < 1.29 is 24.5 Å². The Balaban J connectivity index is 2.54. The van der Waals surface area contributed by atoms with Crippen molar-refractivity contribution in [3.63, 3.8) is 0 Å². The lowest BCUT2D eigenvalue weighted by atomic mass is 9.48. The highest BCUT2D eigenvalue weighted by Gasteiger charge is 2.67. The van der Waals surface area contributed by atoms with Crippen LogP contribution < -0.4 is 0 Å². The highest BCUT2D eigenvalue weighted by molar-refractivity contribution is 5.90. The number of hydrogen-bond acceptors (Lipinski definition) is 4. The Hall–Kier alpha value is -0.940. The van der Waals surface area contributed by atoms with Crippen molar-refractivity contribution >= 4 is 11.8 Å². The maximum Gasteiger partial charge on any atom is 0.303 e. The summed E-state index contributed by atoms with van der Waals surface area (Å²) in [6.07, 6.45) is 1.86. The number of carboxylic acid groups (broad SMARTS) is 1. The molecule has 0 amide bonds. The minimum absolute atomic E-state index is 0.0139. The highest BCUT2D eigenvalue weighted by Crippen LogP contribution is 2.65. The molecule has 0 aromatic heterocycles. The zero-order chi connectivity index (χ0) is 16.1. The van der Waals surface area contributed by atoms with E-state index >= 15 is 0 Å². The molecule has 0 radical (unpaired) electrons. The summed E-state index contributed by atoms with van der Waals surface area (Å²) in [6, 6.07) is 0. The van der Waals surface area contributed by atoms with Crippen molar-refractivity contribution in [3.05, 3.63) is 0 Å². The van der Waals surface area contributed by atoms with E-state index in [2.05, 4.69) is 0 Å². The van der Waals surface area contributed by atoms with Crippen LogP contribution in [0.15, 0.2) is 0 Å². The molecule has 0 aromatic rings. The fourth-order valence-corrected chi connectivity index (χ4v) is 4.90. The van der Waals surface area contributed by atoms with Gasteiger partial charge in [-0.25, -0.2) is 0 Å². The van der Waals surface area contributed by atoms with Gasteiger partial charge in [-0.05, 0) is 37.0 Å². The van der Waals surface area contributed by atoms with Crippen LogP contribution in [0.4, 0.5) is 0 Å². The third-order valence-corrected chi connectivity index (χ3v) is 6.40. The summed E-state index contributed by atoms with van der Waals surface area (Å²) < 4.78 is 5.30. The number of aliphatic carboxylic acids is 1. The lowest BCUT2D eigenvalue weighted by molar-refractivity contribution is -0.197. The van der Waals surface area contributed by atoms with Crippen LogP contribution >= 0.6 is 0 Å². The first kappa shape index (κ1) is 16.4. The zero-order valence-corrected chi connectivity index (χ0v) is 13.3. The maximum atomic E-state index is 12.6. The Morgan fingerprint density at radius 1 is 1.38 bits per heavy atom. The van der Waals surface area contributed by atoms with Gasteiger partial charge in [0.1, 0.15) is 5.60 Å². The fraction of sp³-hybridized carbons (Fsp3) is 0.875. The molecule has 2 fully saturated rings. The summed E-state index contributed by atoms with van der Waals surface area (Å²) in [5.41, 5.74) is -2.78. The third kappa shape index (κ3) is 2.13. The van der Waals surface area contributed by atoms with Gasteiger partial charge in [-0.2, -0.15) is 0 Å². The van der Waals surface area contributed by atoms with Crippen LogP contribution in [0.3, 0.4) is 0 Å². The van der Waals surface area contributed by atoms with Crippen molar-refractivity contribution in [3.8, 4) is 0 Å². The summed E-state index contributed by atoms with van der Waals surface area (Å²) in [6.45, 7) is 5.71. The summed E-state index contributed by atoms with van der Waals surface area (Å²) in [5.74, 6) is -0.991. The second kappa shape index (κ2) is 5.06. The number of aliphatic hydroxyl groups is 1. The van der Waals surface area contributed by atoms with Crippen molar-refractivity contribution in [2.45, 2.75) is 52.1 Å². The molecule has 2 aliphatic rings. The lowest BCUT2D eigenvalue weighted by Gasteiger charge is -2.57. The van der Waals surface area contributed by atoms with Gasteiger partial charge in [0.05, 0.1) is 13.0 Å². The largest absolute Gasteiger partial charge is 0.481 e. The van der Waals surface area contributed by atoms with Crippen LogP contribution in [0.2, 0.25) is 0 Å². The first-order valence-corrected chi connectivity index (χ1v) is 7.58. The zero-order valence-electron chi connectivity index (χ0n) is 13.3. The molecule has 0 bridgehead atoms. The van der Waals surface area contributed by atoms with E-state index in [-0.39, 0.29) is 37.1 Å². The van der Waals surface area contributed by atoms with Gasteiger partial charge < -0.3 is 14.9 Å². The molecule has 2 aliphatic carbocycles. The second-order valence-corrected chi connectivity index (χ2v) is 7.36. The number of fused-ring (bicyclic) bond motifs is 1. The number of methoxy groups -OCH3 is 1. The Bertz CT molecular complexity index is 458. The second-order valence-electron chi connectivity index (χ2n) is 7.36. The van der Waals surface area contributed by atoms with Gasteiger partial charge in [0.25, 0.3) is 0 Å². The summed E-state index contributed by atoms with van der Waals surface area (Å²) in [4.78, 5) is 24.0. The van der Waals surface area contributed by atoms with Crippen LogP contribution in [0.5, 0.6) is 0 Å². The Morgan fingerprint density at radius 2 is 2.00 bits per heavy atom. The number of rotatable bonds is 4. The van der Waals surface area contributed by atoms with Gasteiger partial charge in [-0.1, -0.05) is 13.8 Å². The molecule has 5 nitrogen and oxygen atoms in total. The monoisotopic (exact) mass is 298 g/mol. The summed E-state index contributed by atoms with van der Waals surface area (Å²) >= 11 is 0. The Kier molecular flexibility index (Phi) is 3.96. The van der Waals surface area contributed by atoms with E-state index < -0.39 is 22.4 Å². The molecule has 0 saturated heterocycles. The molecular formula is C16H26O5. The van der Waals surface area contributed by atoms with Crippen LogP contribution in [0, 0.1) is 22.7 Å². The molecule has 0 unspecified atom stereocenters. The molecule has 120 valence electrons. The smallest absolute Gasteiger partial charge is 0.303 e. The normalized spacial score (nSPS) is 46.4. The van der Waals surface area contributed by atoms with Crippen molar-refractivity contribution in [1.29, 1.82) is 0 Å². The first-order valence-electron chi connectivity index (χ1n) is 7.58. The minimum Gasteiger partial charge on any atom is -0.481 e. The summed E-state index contributed by atoms with van der Waals surface area (Å²) in [5, 5.41) is 20.1. The number of carbonyl (C=O) groups is 2. The van der Waals surface area contributed by atoms with E-state index in [0.29, 0.717) is 0 Å². The van der Waals surface area contributed by atoms with Gasteiger partial charge in [0, 0.05) is 18.9 Å². The fourth-order valence-electron chi connectivity index (χ4n) is 4.90. The molecule has 21 heavy (non-hydrogen) atoms. The molecule has 2 N–H and O–H groups in total. The maximum absolute atomic E-state index is 12.6. The predicted octanol–water partition coefficient (Wildman–Crippen LogP) is 1.87. The van der Waals surface area contributed by atoms with E-state index in [0.717, 1.165) is 12.8 Å². The van der Waals surface area contributed by atoms with Gasteiger partial charge in [-0.15, -0.1) is 0 Å². The summed E-state index contributed by atoms with van der Waals surface area (Å²) in [7, 11) is 1.55. The molecular weight excluding hydrogens is 272 g/mol. The average molecular weight is 298 g/mol. The SMILES string of the molecule is COC[C@@]1(C)[C@@H]2CC[C@@H](C)[C@]2(CC(=O)O)CC(=O)[C@]1(C)O. The van der Waals surface area contributed by atoms with Gasteiger partial charge >= 0.3 is 5.97 Å². The molecule has 0 aromatic carbocycles. The highest BCUT2D eigenvalue weighted by atomic mass is 16.5. The topological polar surface area (TPSA) is 83.8 Å². The predicted molar refractivity (Wildman–Crippen MR) is 76.8 cm³/mol. The van der Waals surface area contributed by atoms with Crippen molar-refractivity contribution in [2.75, 3.05) is 13.7 Å². The van der Waals surface area contributed by atoms with Gasteiger partial charge in [-0.3, -0.25) is 9.59 Å². The number of carbonyl (C=O) groups excluding carboxylic acids is 1. The van der Waals surface area contributed by atoms with Gasteiger partial charge in [0.2, 0.25) is 0 Å². The quantitative estimate of drug-likeness (QED) is 0.827. The van der Waals surface area contributed by atoms with Crippen LogP contribution in [0.1, 0.15) is 46.5 Å². The van der Waals surface area contributed by atoms with Crippen LogP contribution in [-0.2, 0) is 14.3 Å². The van der Waals surface area contributed by atoms with E-state index in [4.69, 9.17) is 4.74 Å². The number of carboxylic acids is 1. The molecule has 0 spiro atoms. The first-order chi connectivity index (χ1) is 9.61. The number of hydrogen-bond donors (Lipinski definition) is 2. The molecule has 2 rings (SSSR count).